The summed E-state index contributed by atoms with van der Waals surface area (Å²) in [6.45, 7) is 0. The number of aromatic hydroxyl groups is 1. The van der Waals surface area contributed by atoms with Gasteiger partial charge in [0, 0.05) is 5.92 Å². The van der Waals surface area contributed by atoms with Crippen molar-refractivity contribution in [3.63, 3.8) is 0 Å². The molecule has 0 radical (unpaired) electrons. The monoisotopic (exact) mass is 526 g/mol. The van der Waals surface area contributed by atoms with Gasteiger partial charge in [0.05, 0.1) is 12.7 Å². The van der Waals surface area contributed by atoms with Crippen molar-refractivity contribution in [1.82, 2.24) is 0 Å². The standard InChI is InChI=1S/C15H12I2O5/c16-9-4-8(5-10(17)12(9)18)15(21)22-13-7-2-1-6(3-7)11(13)14(19)20/h1-2,4-7,11,13,18H,3H2,(H,19,20). The molecule has 1 saturated carbocycles. The van der Waals surface area contributed by atoms with E-state index in [1.54, 1.807) is 12.1 Å². The van der Waals surface area contributed by atoms with Gasteiger partial charge >= 0.3 is 11.9 Å². The molecule has 0 saturated heterocycles. The van der Waals surface area contributed by atoms with Crippen molar-refractivity contribution >= 4 is 57.1 Å². The molecule has 2 aliphatic carbocycles. The van der Waals surface area contributed by atoms with E-state index in [0.717, 1.165) is 6.42 Å². The number of halogens is 2. The van der Waals surface area contributed by atoms with Crippen molar-refractivity contribution in [2.24, 2.45) is 17.8 Å². The number of phenolic OH excluding ortho intramolecular Hbond substituents is 1. The van der Waals surface area contributed by atoms with Gasteiger partial charge in [-0.2, -0.15) is 0 Å². The Bertz CT molecular complexity index is 662. The first-order chi connectivity index (χ1) is 10.4. The van der Waals surface area contributed by atoms with Gasteiger partial charge in [0.15, 0.2) is 0 Å². The van der Waals surface area contributed by atoms with E-state index in [-0.39, 0.29) is 17.6 Å². The van der Waals surface area contributed by atoms with Crippen LogP contribution in [-0.2, 0) is 9.53 Å². The van der Waals surface area contributed by atoms with Gasteiger partial charge in [-0.15, -0.1) is 0 Å². The quantitative estimate of drug-likeness (QED) is 0.360. The maximum absolute atomic E-state index is 12.3. The van der Waals surface area contributed by atoms with Gasteiger partial charge in [-0.3, -0.25) is 4.79 Å². The summed E-state index contributed by atoms with van der Waals surface area (Å²) in [7, 11) is 0. The third-order valence-electron chi connectivity index (χ3n) is 4.17. The molecule has 1 aromatic carbocycles. The van der Waals surface area contributed by atoms with E-state index in [1.807, 2.05) is 57.3 Å². The smallest absolute Gasteiger partial charge is 0.338 e. The van der Waals surface area contributed by atoms with Crippen LogP contribution in [0.15, 0.2) is 24.3 Å². The molecule has 2 bridgehead atoms. The highest BCUT2D eigenvalue weighted by Gasteiger charge is 2.50. The van der Waals surface area contributed by atoms with Crippen molar-refractivity contribution in [1.29, 1.82) is 0 Å². The predicted molar refractivity (Wildman–Crippen MR) is 94.6 cm³/mol. The van der Waals surface area contributed by atoms with Crippen LogP contribution in [0, 0.1) is 24.9 Å². The molecule has 4 unspecified atom stereocenters. The molecule has 2 N–H and O–H groups in total. The average molecular weight is 526 g/mol. The third kappa shape index (κ3) is 2.72. The Balaban J connectivity index is 1.82. The summed E-state index contributed by atoms with van der Waals surface area (Å²) in [5.74, 6) is -2.10. The number of esters is 1. The Hall–Kier alpha value is -0.840. The number of carbonyl (C=O) groups is 2. The van der Waals surface area contributed by atoms with Crippen molar-refractivity contribution in [2.75, 3.05) is 0 Å². The van der Waals surface area contributed by atoms with Crippen LogP contribution in [0.4, 0.5) is 0 Å². The molecule has 3 rings (SSSR count). The van der Waals surface area contributed by atoms with Crippen LogP contribution in [0.5, 0.6) is 5.75 Å². The molecule has 0 heterocycles. The number of carboxylic acids is 1. The zero-order chi connectivity index (χ0) is 16.0. The number of hydrogen-bond acceptors (Lipinski definition) is 4. The van der Waals surface area contributed by atoms with Crippen LogP contribution in [0.25, 0.3) is 0 Å². The van der Waals surface area contributed by atoms with E-state index in [0.29, 0.717) is 12.7 Å². The Morgan fingerprint density at radius 1 is 1.14 bits per heavy atom. The number of allylic oxidation sites excluding steroid dienone is 1. The number of carbonyl (C=O) groups excluding carboxylic acids is 1. The second-order valence-electron chi connectivity index (χ2n) is 5.47. The third-order valence-corrected chi connectivity index (χ3v) is 5.81. The molecule has 0 aromatic heterocycles. The molecule has 4 atom stereocenters. The van der Waals surface area contributed by atoms with Crippen LogP contribution in [0.3, 0.4) is 0 Å². The highest BCUT2D eigenvalue weighted by Crippen LogP contribution is 2.45. The molecule has 5 nitrogen and oxygen atoms in total. The Morgan fingerprint density at radius 3 is 2.32 bits per heavy atom. The molecule has 0 spiro atoms. The summed E-state index contributed by atoms with van der Waals surface area (Å²) in [6, 6.07) is 3.08. The lowest BCUT2D eigenvalue weighted by molar-refractivity contribution is -0.146. The molecular formula is C15H12I2O5. The van der Waals surface area contributed by atoms with Gasteiger partial charge in [0.2, 0.25) is 0 Å². The lowest BCUT2D eigenvalue weighted by Gasteiger charge is -2.24. The molecule has 1 aromatic rings. The van der Waals surface area contributed by atoms with Crippen LogP contribution in [0.2, 0.25) is 0 Å². The van der Waals surface area contributed by atoms with E-state index >= 15 is 0 Å². The largest absolute Gasteiger partial charge is 0.506 e. The van der Waals surface area contributed by atoms with Gasteiger partial charge < -0.3 is 14.9 Å². The summed E-state index contributed by atoms with van der Waals surface area (Å²) in [4.78, 5) is 23.7. The summed E-state index contributed by atoms with van der Waals surface area (Å²) >= 11 is 3.88. The molecular weight excluding hydrogens is 514 g/mol. The van der Waals surface area contributed by atoms with Gasteiger partial charge in [0.25, 0.3) is 0 Å². The number of ether oxygens (including phenoxy) is 1. The fraction of sp³-hybridized carbons (Fsp3) is 0.333. The minimum Gasteiger partial charge on any atom is -0.506 e. The Labute approximate surface area is 154 Å². The maximum atomic E-state index is 12.3. The number of fused-ring (bicyclic) bond motifs is 2. The van der Waals surface area contributed by atoms with Crippen LogP contribution < -0.4 is 0 Å². The summed E-state index contributed by atoms with van der Waals surface area (Å²) in [6.07, 6.45) is 3.94. The SMILES string of the molecule is O=C(OC1C2C=CC(C2)C1C(=O)O)c1cc(I)c(O)c(I)c1. The molecule has 7 heteroatoms. The van der Waals surface area contributed by atoms with Crippen LogP contribution >= 0.6 is 45.2 Å². The maximum Gasteiger partial charge on any atom is 0.338 e. The second kappa shape index (κ2) is 5.99. The van der Waals surface area contributed by atoms with Gasteiger partial charge in [-0.05, 0) is 69.7 Å². The first-order valence-corrected chi connectivity index (χ1v) is 8.84. The number of benzene rings is 1. The molecule has 1 fully saturated rings. The van der Waals surface area contributed by atoms with Crippen LogP contribution in [-0.4, -0.2) is 28.3 Å². The molecule has 116 valence electrons. The van der Waals surface area contributed by atoms with Gasteiger partial charge in [-0.1, -0.05) is 12.2 Å². The van der Waals surface area contributed by atoms with Gasteiger partial charge in [-0.25, -0.2) is 4.79 Å². The number of phenols is 1. The average Bonchev–Trinajstić information content (AvgIpc) is 3.04. The number of hydrogen-bond donors (Lipinski definition) is 2. The molecule has 22 heavy (non-hydrogen) atoms. The van der Waals surface area contributed by atoms with Crippen molar-refractivity contribution in [3.8, 4) is 5.75 Å². The zero-order valence-corrected chi connectivity index (χ0v) is 15.5. The summed E-state index contributed by atoms with van der Waals surface area (Å²) in [5, 5.41) is 19.1. The molecule has 0 amide bonds. The highest BCUT2D eigenvalue weighted by atomic mass is 127. The van der Waals surface area contributed by atoms with E-state index < -0.39 is 24.0 Å². The predicted octanol–water partition coefficient (Wildman–Crippen LogP) is 3.03. The zero-order valence-electron chi connectivity index (χ0n) is 11.2. The first-order valence-electron chi connectivity index (χ1n) is 6.68. The lowest BCUT2D eigenvalue weighted by Crippen LogP contribution is -2.35. The van der Waals surface area contributed by atoms with Crippen LogP contribution in [0.1, 0.15) is 16.8 Å². The topological polar surface area (TPSA) is 83.8 Å². The lowest BCUT2D eigenvalue weighted by atomic mass is 9.91. The highest BCUT2D eigenvalue weighted by molar-refractivity contribution is 14.1. The minimum atomic E-state index is -0.926. The number of rotatable bonds is 3. The Kier molecular flexibility index (Phi) is 4.36. The number of aliphatic carboxylic acids is 1. The Morgan fingerprint density at radius 2 is 1.73 bits per heavy atom. The normalized spacial score (nSPS) is 28.8. The van der Waals surface area contributed by atoms with Crippen molar-refractivity contribution in [3.05, 3.63) is 37.0 Å². The fourth-order valence-corrected chi connectivity index (χ4v) is 4.90. The minimum absolute atomic E-state index is 0.0229. The molecule has 0 aliphatic heterocycles. The number of carboxylic acid groups (broad SMARTS) is 1. The van der Waals surface area contributed by atoms with E-state index in [9.17, 15) is 19.8 Å². The van der Waals surface area contributed by atoms with Crippen molar-refractivity contribution in [2.45, 2.75) is 12.5 Å². The molecule has 2 aliphatic rings. The second-order valence-corrected chi connectivity index (χ2v) is 7.80. The van der Waals surface area contributed by atoms with E-state index in [2.05, 4.69) is 0 Å². The van der Waals surface area contributed by atoms with E-state index in [4.69, 9.17) is 4.74 Å². The fourth-order valence-electron chi connectivity index (χ4n) is 3.14. The van der Waals surface area contributed by atoms with E-state index in [1.165, 1.54) is 0 Å². The summed E-state index contributed by atoms with van der Waals surface area (Å²) < 4.78 is 6.61. The van der Waals surface area contributed by atoms with Crippen molar-refractivity contribution < 1.29 is 24.5 Å². The summed E-state index contributed by atoms with van der Waals surface area (Å²) in [5.41, 5.74) is 0.322. The van der Waals surface area contributed by atoms with Gasteiger partial charge in [0.1, 0.15) is 17.8 Å². The first kappa shape index (κ1) is 16.0.